The first-order valence-corrected chi connectivity index (χ1v) is 6.08. The van der Waals surface area contributed by atoms with E-state index in [4.69, 9.17) is 10.5 Å². The number of rotatable bonds is 1. The minimum atomic E-state index is -1.06. The highest BCUT2D eigenvalue weighted by atomic mass is 19.1. The van der Waals surface area contributed by atoms with Gasteiger partial charge in [0, 0.05) is 18.5 Å². The second kappa shape index (κ2) is 5.21. The van der Waals surface area contributed by atoms with E-state index in [2.05, 4.69) is 0 Å². The van der Waals surface area contributed by atoms with Crippen molar-refractivity contribution in [1.82, 2.24) is 4.90 Å². The van der Waals surface area contributed by atoms with Crippen LogP contribution in [-0.4, -0.2) is 41.9 Å². The van der Waals surface area contributed by atoms with Crippen molar-refractivity contribution in [2.75, 3.05) is 13.1 Å². The van der Waals surface area contributed by atoms with Gasteiger partial charge in [-0.2, -0.15) is 0 Å². The van der Waals surface area contributed by atoms with Crippen molar-refractivity contribution in [2.24, 2.45) is 11.7 Å². The summed E-state index contributed by atoms with van der Waals surface area (Å²) in [5, 5.41) is 0. The average molecular weight is 246 g/mol. The molecule has 100 valence electrons. The number of hydrogen-bond acceptors (Lipinski definition) is 3. The Bertz CT molecular complexity index is 276. The fourth-order valence-electron chi connectivity index (χ4n) is 2.01. The van der Waals surface area contributed by atoms with E-state index in [0.717, 1.165) is 0 Å². The standard InChI is InChI=1S/C12H23FN2O2/c1-8(14)9-5-6-15(7-10(9)13)11(16)17-12(2,3)4/h8-10H,5-7,14H2,1-4H3/t8?,9-,10-/m1/s1. The van der Waals surface area contributed by atoms with Crippen molar-refractivity contribution in [1.29, 1.82) is 0 Å². The Balaban J connectivity index is 2.52. The molecule has 0 radical (unpaired) electrons. The van der Waals surface area contributed by atoms with Crippen LogP contribution in [0.1, 0.15) is 34.1 Å². The van der Waals surface area contributed by atoms with Crippen LogP contribution in [0.5, 0.6) is 0 Å². The molecule has 1 aliphatic rings. The van der Waals surface area contributed by atoms with Gasteiger partial charge in [-0.05, 0) is 34.1 Å². The summed E-state index contributed by atoms with van der Waals surface area (Å²) < 4.78 is 19.0. The smallest absolute Gasteiger partial charge is 0.410 e. The van der Waals surface area contributed by atoms with Gasteiger partial charge < -0.3 is 15.4 Å². The number of piperidine rings is 1. The maximum absolute atomic E-state index is 13.8. The molecule has 0 aromatic carbocycles. The first-order valence-electron chi connectivity index (χ1n) is 6.08. The number of nitrogens with zero attached hydrogens (tertiary/aromatic N) is 1. The molecule has 1 heterocycles. The number of carbonyl (C=O) groups is 1. The van der Waals surface area contributed by atoms with E-state index in [-0.39, 0.29) is 18.5 Å². The molecular formula is C12H23FN2O2. The number of nitrogens with two attached hydrogens (primary N) is 1. The molecule has 1 aliphatic heterocycles. The molecule has 1 fully saturated rings. The first kappa shape index (κ1) is 14.2. The van der Waals surface area contributed by atoms with Gasteiger partial charge in [0.05, 0.1) is 6.54 Å². The third kappa shape index (κ3) is 4.15. The van der Waals surface area contributed by atoms with Gasteiger partial charge >= 0.3 is 6.09 Å². The monoisotopic (exact) mass is 246 g/mol. The number of ether oxygens (including phenoxy) is 1. The summed E-state index contributed by atoms with van der Waals surface area (Å²) in [4.78, 5) is 13.2. The highest BCUT2D eigenvalue weighted by molar-refractivity contribution is 5.68. The van der Waals surface area contributed by atoms with Crippen molar-refractivity contribution in [3.05, 3.63) is 0 Å². The van der Waals surface area contributed by atoms with Crippen LogP contribution in [0.3, 0.4) is 0 Å². The average Bonchev–Trinajstić information content (AvgIpc) is 2.14. The molecule has 0 aromatic rings. The number of halogens is 1. The molecule has 17 heavy (non-hydrogen) atoms. The molecule has 5 heteroatoms. The Labute approximate surface area is 102 Å². The lowest BCUT2D eigenvalue weighted by Gasteiger charge is -2.37. The van der Waals surface area contributed by atoms with E-state index in [9.17, 15) is 9.18 Å². The van der Waals surface area contributed by atoms with Crippen molar-refractivity contribution in [3.63, 3.8) is 0 Å². The van der Waals surface area contributed by atoms with Gasteiger partial charge in [-0.3, -0.25) is 0 Å². The van der Waals surface area contributed by atoms with Crippen LogP contribution in [0.15, 0.2) is 0 Å². The summed E-state index contributed by atoms with van der Waals surface area (Å²) in [6.45, 7) is 7.80. The Kier molecular flexibility index (Phi) is 4.36. The van der Waals surface area contributed by atoms with Gasteiger partial charge in [0.1, 0.15) is 11.8 Å². The zero-order valence-corrected chi connectivity index (χ0v) is 11.1. The molecule has 1 amide bonds. The van der Waals surface area contributed by atoms with Crippen LogP contribution < -0.4 is 5.73 Å². The van der Waals surface area contributed by atoms with E-state index in [1.807, 2.05) is 0 Å². The number of hydrogen-bond donors (Lipinski definition) is 1. The molecule has 0 aliphatic carbocycles. The zero-order chi connectivity index (χ0) is 13.2. The quantitative estimate of drug-likeness (QED) is 0.769. The van der Waals surface area contributed by atoms with Gasteiger partial charge in [-0.1, -0.05) is 0 Å². The highest BCUT2D eigenvalue weighted by Crippen LogP contribution is 2.24. The molecule has 2 N–H and O–H groups in total. The Morgan fingerprint density at radius 3 is 2.53 bits per heavy atom. The van der Waals surface area contributed by atoms with Crippen LogP contribution in [0.2, 0.25) is 0 Å². The van der Waals surface area contributed by atoms with Gasteiger partial charge in [0.15, 0.2) is 0 Å². The third-order valence-corrected chi connectivity index (χ3v) is 2.92. The van der Waals surface area contributed by atoms with Gasteiger partial charge in [0.2, 0.25) is 0 Å². The molecule has 1 saturated heterocycles. The van der Waals surface area contributed by atoms with Crippen LogP contribution in [0.25, 0.3) is 0 Å². The second-order valence-corrected chi connectivity index (χ2v) is 5.75. The lowest BCUT2D eigenvalue weighted by atomic mass is 9.89. The molecule has 0 bridgehead atoms. The number of carbonyl (C=O) groups excluding carboxylic acids is 1. The summed E-state index contributed by atoms with van der Waals surface area (Å²) in [5.41, 5.74) is 5.17. The fraction of sp³-hybridized carbons (Fsp3) is 0.917. The SMILES string of the molecule is CC(N)[C@H]1CCN(C(=O)OC(C)(C)C)C[C@H]1F. The summed E-state index contributed by atoms with van der Waals surface area (Å²) in [6, 6.07) is -0.175. The van der Waals surface area contributed by atoms with E-state index in [1.165, 1.54) is 4.90 Å². The van der Waals surface area contributed by atoms with E-state index in [1.54, 1.807) is 27.7 Å². The van der Waals surface area contributed by atoms with E-state index >= 15 is 0 Å². The Hall–Kier alpha value is -0.840. The molecule has 1 unspecified atom stereocenters. The van der Waals surface area contributed by atoms with Crippen LogP contribution in [-0.2, 0) is 4.74 Å². The normalized spacial score (nSPS) is 27.8. The molecular weight excluding hydrogens is 223 g/mol. The first-order chi connectivity index (χ1) is 7.70. The summed E-state index contributed by atoms with van der Waals surface area (Å²) in [5.74, 6) is -0.159. The molecule has 3 atom stereocenters. The minimum Gasteiger partial charge on any atom is -0.444 e. The summed E-state index contributed by atoms with van der Waals surface area (Å²) in [7, 11) is 0. The number of likely N-dealkylation sites (tertiary alicyclic amines) is 1. The number of amides is 1. The molecule has 0 spiro atoms. The predicted octanol–water partition coefficient (Wildman–Crippen LogP) is 1.93. The molecule has 4 nitrogen and oxygen atoms in total. The van der Waals surface area contributed by atoms with Gasteiger partial charge in [0.25, 0.3) is 0 Å². The van der Waals surface area contributed by atoms with Crippen molar-refractivity contribution >= 4 is 6.09 Å². The maximum atomic E-state index is 13.8. The van der Waals surface area contributed by atoms with E-state index < -0.39 is 17.9 Å². The van der Waals surface area contributed by atoms with E-state index in [0.29, 0.717) is 13.0 Å². The van der Waals surface area contributed by atoms with Crippen molar-refractivity contribution in [2.45, 2.75) is 51.9 Å². The lowest BCUT2D eigenvalue weighted by Crippen LogP contribution is -2.50. The van der Waals surface area contributed by atoms with Crippen molar-refractivity contribution in [3.8, 4) is 0 Å². The van der Waals surface area contributed by atoms with Crippen molar-refractivity contribution < 1.29 is 13.9 Å². The van der Waals surface area contributed by atoms with Crippen LogP contribution >= 0.6 is 0 Å². The molecule has 1 rings (SSSR count). The van der Waals surface area contributed by atoms with Crippen LogP contribution in [0.4, 0.5) is 9.18 Å². The van der Waals surface area contributed by atoms with Gasteiger partial charge in [-0.15, -0.1) is 0 Å². The summed E-state index contributed by atoms with van der Waals surface area (Å²) >= 11 is 0. The minimum absolute atomic E-state index is 0.0844. The molecule has 0 aromatic heterocycles. The Morgan fingerprint density at radius 2 is 2.12 bits per heavy atom. The molecule has 0 saturated carbocycles. The summed E-state index contributed by atoms with van der Waals surface area (Å²) in [6.07, 6.45) is -0.905. The fourth-order valence-corrected chi connectivity index (χ4v) is 2.01. The predicted molar refractivity (Wildman–Crippen MR) is 64.5 cm³/mol. The topological polar surface area (TPSA) is 55.6 Å². The number of alkyl halides is 1. The second-order valence-electron chi connectivity index (χ2n) is 5.75. The van der Waals surface area contributed by atoms with Gasteiger partial charge in [-0.25, -0.2) is 9.18 Å². The largest absolute Gasteiger partial charge is 0.444 e. The highest BCUT2D eigenvalue weighted by Gasteiger charge is 2.35. The van der Waals surface area contributed by atoms with Crippen LogP contribution in [0, 0.1) is 5.92 Å². The lowest BCUT2D eigenvalue weighted by molar-refractivity contribution is 0.00346. The third-order valence-electron chi connectivity index (χ3n) is 2.92. The maximum Gasteiger partial charge on any atom is 0.410 e. The zero-order valence-electron chi connectivity index (χ0n) is 11.1. The Morgan fingerprint density at radius 1 is 1.53 bits per heavy atom.